The van der Waals surface area contributed by atoms with Crippen molar-refractivity contribution in [2.24, 2.45) is 0 Å². The van der Waals surface area contributed by atoms with Crippen LogP contribution in [-0.4, -0.2) is 27.6 Å². The summed E-state index contributed by atoms with van der Waals surface area (Å²) in [5.74, 6) is 0.270. The van der Waals surface area contributed by atoms with Gasteiger partial charge in [-0.25, -0.2) is 4.39 Å². The summed E-state index contributed by atoms with van der Waals surface area (Å²) in [6.45, 7) is 0.369. The minimum absolute atomic E-state index is 0.252. The molecule has 0 atom stereocenters. The highest BCUT2D eigenvalue weighted by Crippen LogP contribution is 2.13. The lowest BCUT2D eigenvalue weighted by molar-refractivity contribution is -0.116. The Bertz CT molecular complexity index is 860. The molecule has 0 radical (unpaired) electrons. The highest BCUT2D eigenvalue weighted by molar-refractivity contribution is 5.91. The van der Waals surface area contributed by atoms with Crippen LogP contribution in [0, 0.1) is 5.82 Å². The maximum Gasteiger partial charge on any atom is 0.276 e. The molecule has 3 aromatic rings. The van der Waals surface area contributed by atoms with Gasteiger partial charge in [0.1, 0.15) is 11.5 Å². The SMILES string of the molecule is O=C(/C=C/c1ccc(F)cc1)NCCc1noc(-c2ccccn2)n1. The molecule has 25 heavy (non-hydrogen) atoms. The highest BCUT2D eigenvalue weighted by Gasteiger charge is 2.09. The number of rotatable bonds is 6. The number of halogens is 1. The van der Waals surface area contributed by atoms with Gasteiger partial charge in [0.2, 0.25) is 5.91 Å². The number of pyridine rings is 1. The Labute approximate surface area is 143 Å². The lowest BCUT2D eigenvalue weighted by Crippen LogP contribution is -2.23. The molecule has 126 valence electrons. The van der Waals surface area contributed by atoms with E-state index in [2.05, 4.69) is 20.4 Å². The van der Waals surface area contributed by atoms with Crippen molar-refractivity contribution in [2.45, 2.75) is 6.42 Å². The third-order valence-corrected chi connectivity index (χ3v) is 3.30. The van der Waals surface area contributed by atoms with E-state index in [1.807, 2.05) is 6.07 Å². The zero-order valence-electron chi connectivity index (χ0n) is 13.2. The van der Waals surface area contributed by atoms with E-state index in [4.69, 9.17) is 4.52 Å². The molecule has 1 aromatic carbocycles. The van der Waals surface area contributed by atoms with Crippen LogP contribution in [0.1, 0.15) is 11.4 Å². The molecule has 0 unspecified atom stereocenters. The van der Waals surface area contributed by atoms with Gasteiger partial charge >= 0.3 is 0 Å². The Morgan fingerprint density at radius 1 is 1.20 bits per heavy atom. The third kappa shape index (κ3) is 4.81. The Kier molecular flexibility index (Phi) is 5.26. The largest absolute Gasteiger partial charge is 0.352 e. The fraction of sp³-hybridized carbons (Fsp3) is 0.111. The van der Waals surface area contributed by atoms with E-state index in [1.165, 1.54) is 18.2 Å². The summed E-state index contributed by atoms with van der Waals surface area (Å²) in [4.78, 5) is 20.1. The number of nitrogens with one attached hydrogen (secondary N) is 1. The molecular weight excluding hydrogens is 323 g/mol. The van der Waals surface area contributed by atoms with Gasteiger partial charge in [0.05, 0.1) is 0 Å². The summed E-state index contributed by atoms with van der Waals surface area (Å²) in [6.07, 6.45) is 5.09. The summed E-state index contributed by atoms with van der Waals surface area (Å²) >= 11 is 0. The zero-order chi connectivity index (χ0) is 17.5. The van der Waals surface area contributed by atoms with Crippen LogP contribution in [0.3, 0.4) is 0 Å². The van der Waals surface area contributed by atoms with Gasteiger partial charge in [-0.1, -0.05) is 23.4 Å². The molecule has 0 saturated heterocycles. The lowest BCUT2D eigenvalue weighted by Gasteiger charge is -1.99. The first-order valence-electron chi connectivity index (χ1n) is 7.66. The average molecular weight is 338 g/mol. The van der Waals surface area contributed by atoms with Gasteiger partial charge in [0, 0.05) is 25.2 Å². The topological polar surface area (TPSA) is 80.9 Å². The van der Waals surface area contributed by atoms with Gasteiger partial charge in [-0.05, 0) is 35.9 Å². The Balaban J connectivity index is 1.47. The monoisotopic (exact) mass is 338 g/mol. The third-order valence-electron chi connectivity index (χ3n) is 3.30. The van der Waals surface area contributed by atoms with Crippen molar-refractivity contribution in [3.05, 3.63) is 71.9 Å². The quantitative estimate of drug-likeness (QED) is 0.699. The van der Waals surface area contributed by atoms with Crippen molar-refractivity contribution < 1.29 is 13.7 Å². The second-order valence-electron chi connectivity index (χ2n) is 5.16. The predicted octanol–water partition coefficient (Wildman–Crippen LogP) is 2.64. The number of amides is 1. The molecule has 0 saturated carbocycles. The molecule has 2 heterocycles. The van der Waals surface area contributed by atoms with Gasteiger partial charge in [-0.15, -0.1) is 0 Å². The van der Waals surface area contributed by atoms with Crippen LogP contribution in [0.25, 0.3) is 17.7 Å². The number of carbonyl (C=O) groups excluding carboxylic acids is 1. The summed E-state index contributed by atoms with van der Waals surface area (Å²) in [7, 11) is 0. The van der Waals surface area contributed by atoms with E-state index in [0.717, 1.165) is 5.56 Å². The predicted molar refractivity (Wildman–Crippen MR) is 89.7 cm³/mol. The van der Waals surface area contributed by atoms with Crippen molar-refractivity contribution in [3.8, 4) is 11.6 Å². The number of nitrogens with zero attached hydrogens (tertiary/aromatic N) is 3. The number of hydrogen-bond acceptors (Lipinski definition) is 5. The van der Waals surface area contributed by atoms with Crippen molar-refractivity contribution >= 4 is 12.0 Å². The molecule has 2 aromatic heterocycles. The molecule has 1 amide bonds. The van der Waals surface area contributed by atoms with E-state index >= 15 is 0 Å². The molecule has 0 bridgehead atoms. The molecule has 0 fully saturated rings. The zero-order valence-corrected chi connectivity index (χ0v) is 13.2. The number of benzene rings is 1. The van der Waals surface area contributed by atoms with Gasteiger partial charge in [0.15, 0.2) is 5.82 Å². The lowest BCUT2D eigenvalue weighted by atomic mass is 10.2. The van der Waals surface area contributed by atoms with Crippen LogP contribution in [0.4, 0.5) is 4.39 Å². The molecule has 0 aliphatic heterocycles. The summed E-state index contributed by atoms with van der Waals surface area (Å²) < 4.78 is 17.9. The molecule has 1 N–H and O–H groups in total. The fourth-order valence-electron chi connectivity index (χ4n) is 2.05. The van der Waals surface area contributed by atoms with Crippen LogP contribution in [0.5, 0.6) is 0 Å². The van der Waals surface area contributed by atoms with E-state index in [1.54, 1.807) is 36.5 Å². The molecule has 6 nitrogen and oxygen atoms in total. The van der Waals surface area contributed by atoms with Crippen LogP contribution in [0.15, 0.2) is 59.3 Å². The molecule has 0 aliphatic rings. The molecule has 3 rings (SSSR count). The minimum atomic E-state index is -0.313. The van der Waals surface area contributed by atoms with E-state index < -0.39 is 0 Å². The van der Waals surface area contributed by atoms with Crippen LogP contribution in [0.2, 0.25) is 0 Å². The molecule has 0 aliphatic carbocycles. The second-order valence-corrected chi connectivity index (χ2v) is 5.16. The average Bonchev–Trinajstić information content (AvgIpc) is 3.11. The van der Waals surface area contributed by atoms with Gasteiger partial charge in [0.25, 0.3) is 5.89 Å². The van der Waals surface area contributed by atoms with Crippen LogP contribution >= 0.6 is 0 Å². The molecule has 7 heteroatoms. The van der Waals surface area contributed by atoms with Gasteiger partial charge < -0.3 is 9.84 Å². The minimum Gasteiger partial charge on any atom is -0.352 e. The first-order chi connectivity index (χ1) is 12.2. The second kappa shape index (κ2) is 7.96. The fourth-order valence-corrected chi connectivity index (χ4v) is 2.05. The number of hydrogen-bond donors (Lipinski definition) is 1. The Morgan fingerprint density at radius 3 is 2.80 bits per heavy atom. The van der Waals surface area contributed by atoms with Crippen molar-refractivity contribution in [2.75, 3.05) is 6.54 Å². The first-order valence-corrected chi connectivity index (χ1v) is 7.66. The van der Waals surface area contributed by atoms with Gasteiger partial charge in [-0.2, -0.15) is 4.98 Å². The van der Waals surface area contributed by atoms with Crippen molar-refractivity contribution in [1.29, 1.82) is 0 Å². The molecule has 0 spiro atoms. The van der Waals surface area contributed by atoms with Crippen LogP contribution in [-0.2, 0) is 11.2 Å². The number of carbonyl (C=O) groups is 1. The van der Waals surface area contributed by atoms with E-state index in [0.29, 0.717) is 30.4 Å². The van der Waals surface area contributed by atoms with Gasteiger partial charge in [-0.3, -0.25) is 9.78 Å². The summed E-state index contributed by atoms with van der Waals surface area (Å²) in [6, 6.07) is 11.3. The maximum atomic E-state index is 12.8. The van der Waals surface area contributed by atoms with Crippen LogP contribution < -0.4 is 5.32 Å². The standard InChI is InChI=1S/C18H15FN4O2/c19-14-7-4-13(5-8-14)6-9-17(24)21-12-10-16-22-18(25-23-16)15-3-1-2-11-20-15/h1-9,11H,10,12H2,(H,21,24)/b9-6+. The highest BCUT2D eigenvalue weighted by atomic mass is 19.1. The smallest absolute Gasteiger partial charge is 0.276 e. The Hall–Kier alpha value is -3.35. The summed E-state index contributed by atoms with van der Waals surface area (Å²) in [5.41, 5.74) is 1.35. The normalized spacial score (nSPS) is 10.9. The van der Waals surface area contributed by atoms with Crippen molar-refractivity contribution in [1.82, 2.24) is 20.4 Å². The number of aromatic nitrogens is 3. The Morgan fingerprint density at radius 2 is 2.04 bits per heavy atom. The molecular formula is C18H15FN4O2. The summed E-state index contributed by atoms with van der Waals surface area (Å²) in [5, 5.41) is 6.58. The maximum absolute atomic E-state index is 12.8. The first kappa shape index (κ1) is 16.5. The van der Waals surface area contributed by atoms with E-state index in [-0.39, 0.29) is 11.7 Å². The van der Waals surface area contributed by atoms with Crippen molar-refractivity contribution in [3.63, 3.8) is 0 Å². The van der Waals surface area contributed by atoms with E-state index in [9.17, 15) is 9.18 Å².